The molecule has 3 nitrogen and oxygen atoms in total. The molecule has 1 aliphatic heterocycles. The summed E-state index contributed by atoms with van der Waals surface area (Å²) in [6.07, 6.45) is 1.79. The maximum absolute atomic E-state index is 11.6. The van der Waals surface area contributed by atoms with Gasteiger partial charge in [0.05, 0.1) is 6.61 Å². The number of piperidine rings is 1. The number of carbonyl (C=O) groups is 1. The number of nitrogens with zero attached hydrogens (tertiary/aromatic N) is 1. The fourth-order valence-electron chi connectivity index (χ4n) is 3.35. The lowest BCUT2D eigenvalue weighted by atomic mass is 9.87. The summed E-state index contributed by atoms with van der Waals surface area (Å²) in [4.78, 5) is 13.5. The van der Waals surface area contributed by atoms with Crippen LogP contribution >= 0.6 is 0 Å². The normalized spacial score (nSPS) is 14.5. The Morgan fingerprint density at radius 1 is 1.00 bits per heavy atom. The van der Waals surface area contributed by atoms with Crippen LogP contribution in [0.4, 0.5) is 4.79 Å². The van der Waals surface area contributed by atoms with E-state index in [0.29, 0.717) is 0 Å². The van der Waals surface area contributed by atoms with E-state index in [0.717, 1.165) is 37.1 Å². The van der Waals surface area contributed by atoms with Gasteiger partial charge in [-0.2, -0.15) is 0 Å². The molecule has 0 unspecified atom stereocenters. The van der Waals surface area contributed by atoms with Crippen molar-refractivity contribution in [2.24, 2.45) is 0 Å². The Hall–Kier alpha value is -2.33. The Kier molecular flexibility index (Phi) is 5.16. The van der Waals surface area contributed by atoms with E-state index < -0.39 is 0 Å². The standard InChI is InChI=1S/C20H22BNO2/c21-20(24)22-11-9-17(10-12-22)19(16-6-2-1-3-7-16)18-8-4-5-15(13-18)14-23/h1-8,13,23H,9-12,14,21H2. The van der Waals surface area contributed by atoms with Crippen molar-refractivity contribution in [1.82, 2.24) is 4.90 Å². The van der Waals surface area contributed by atoms with Crippen LogP contribution in [0, 0.1) is 0 Å². The van der Waals surface area contributed by atoms with Gasteiger partial charge in [0, 0.05) is 13.1 Å². The number of rotatable bonds is 3. The van der Waals surface area contributed by atoms with Crippen molar-refractivity contribution < 1.29 is 9.90 Å². The third-order valence-electron chi connectivity index (χ3n) is 4.63. The molecular formula is C20H22BNO2. The first-order valence-electron chi connectivity index (χ1n) is 8.42. The van der Waals surface area contributed by atoms with Crippen LogP contribution in [0.5, 0.6) is 0 Å². The first kappa shape index (κ1) is 16.5. The molecule has 24 heavy (non-hydrogen) atoms. The summed E-state index contributed by atoms with van der Waals surface area (Å²) in [6.45, 7) is 1.60. The molecule has 0 atom stereocenters. The van der Waals surface area contributed by atoms with Gasteiger partial charge in [-0.15, -0.1) is 0 Å². The maximum atomic E-state index is 11.6. The molecule has 0 bridgehead atoms. The molecule has 1 heterocycles. The second kappa shape index (κ2) is 7.50. The molecule has 2 aromatic carbocycles. The number of aliphatic hydroxyl groups is 1. The largest absolute Gasteiger partial charge is 0.392 e. The van der Waals surface area contributed by atoms with Gasteiger partial charge in [0.2, 0.25) is 7.85 Å². The highest BCUT2D eigenvalue weighted by Gasteiger charge is 2.20. The second-order valence-electron chi connectivity index (χ2n) is 6.21. The molecule has 122 valence electrons. The van der Waals surface area contributed by atoms with E-state index in [1.54, 1.807) is 7.85 Å². The van der Waals surface area contributed by atoms with Crippen LogP contribution in [0.25, 0.3) is 5.57 Å². The van der Waals surface area contributed by atoms with Gasteiger partial charge in [0.15, 0.2) is 5.81 Å². The number of hydrogen-bond acceptors (Lipinski definition) is 2. The van der Waals surface area contributed by atoms with Crippen LogP contribution < -0.4 is 0 Å². The summed E-state index contributed by atoms with van der Waals surface area (Å²) in [5.74, 6) is 0.151. The second-order valence-corrected chi connectivity index (χ2v) is 6.21. The highest BCUT2D eigenvalue weighted by molar-refractivity contribution is 6.56. The molecule has 0 aromatic heterocycles. The van der Waals surface area contributed by atoms with Crippen molar-refractivity contribution >= 4 is 19.2 Å². The quantitative estimate of drug-likeness (QED) is 0.884. The Labute approximate surface area is 144 Å². The Morgan fingerprint density at radius 2 is 1.67 bits per heavy atom. The minimum absolute atomic E-state index is 0.0450. The molecule has 1 amide bonds. The van der Waals surface area contributed by atoms with Crippen LogP contribution in [0.2, 0.25) is 0 Å². The SMILES string of the molecule is BC(=O)N1CCC(=C(c2ccccc2)c2cccc(CO)c2)CC1. The van der Waals surface area contributed by atoms with E-state index in [9.17, 15) is 9.90 Å². The fourth-order valence-corrected chi connectivity index (χ4v) is 3.35. The topological polar surface area (TPSA) is 40.5 Å². The molecule has 1 N–H and O–H groups in total. The van der Waals surface area contributed by atoms with E-state index in [2.05, 4.69) is 36.4 Å². The van der Waals surface area contributed by atoms with Gasteiger partial charge in [0.1, 0.15) is 0 Å². The maximum Gasteiger partial charge on any atom is 0.215 e. The van der Waals surface area contributed by atoms with Crippen molar-refractivity contribution in [1.29, 1.82) is 0 Å². The van der Waals surface area contributed by atoms with E-state index in [4.69, 9.17) is 0 Å². The van der Waals surface area contributed by atoms with E-state index in [1.807, 2.05) is 23.1 Å². The number of aliphatic hydroxyl groups excluding tert-OH is 1. The number of likely N-dealkylation sites (tertiary alicyclic amines) is 1. The van der Waals surface area contributed by atoms with Gasteiger partial charge >= 0.3 is 0 Å². The zero-order valence-electron chi connectivity index (χ0n) is 14.0. The van der Waals surface area contributed by atoms with E-state index in [1.165, 1.54) is 16.7 Å². The minimum Gasteiger partial charge on any atom is -0.392 e. The first-order chi connectivity index (χ1) is 11.7. The van der Waals surface area contributed by atoms with Crippen molar-refractivity contribution in [3.8, 4) is 0 Å². The lowest BCUT2D eigenvalue weighted by molar-refractivity contribution is 0.217. The molecule has 1 aliphatic rings. The fraction of sp³-hybridized carbons (Fsp3) is 0.250. The molecule has 0 spiro atoms. The zero-order valence-corrected chi connectivity index (χ0v) is 14.0. The van der Waals surface area contributed by atoms with Crippen LogP contribution in [-0.2, 0) is 6.61 Å². The summed E-state index contributed by atoms with van der Waals surface area (Å²) >= 11 is 0. The predicted molar refractivity (Wildman–Crippen MR) is 99.6 cm³/mol. The van der Waals surface area contributed by atoms with E-state index >= 15 is 0 Å². The molecule has 1 saturated heterocycles. The molecule has 0 radical (unpaired) electrons. The van der Waals surface area contributed by atoms with Gasteiger partial charge in [0.25, 0.3) is 0 Å². The van der Waals surface area contributed by atoms with Gasteiger partial charge < -0.3 is 10.0 Å². The number of carbonyl (C=O) groups excluding carboxylic acids is 1. The van der Waals surface area contributed by atoms with Gasteiger partial charge in [-0.1, -0.05) is 54.1 Å². The Balaban J connectivity index is 2.03. The highest BCUT2D eigenvalue weighted by Crippen LogP contribution is 2.32. The third-order valence-corrected chi connectivity index (χ3v) is 4.63. The summed E-state index contributed by atoms with van der Waals surface area (Å²) < 4.78 is 0. The number of benzene rings is 2. The van der Waals surface area contributed by atoms with Crippen LogP contribution in [0.1, 0.15) is 29.5 Å². The molecule has 1 fully saturated rings. The zero-order chi connectivity index (χ0) is 16.9. The number of hydrogen-bond donors (Lipinski definition) is 1. The van der Waals surface area contributed by atoms with Gasteiger partial charge in [-0.25, -0.2) is 0 Å². The lowest BCUT2D eigenvalue weighted by Gasteiger charge is -2.30. The monoisotopic (exact) mass is 319 g/mol. The summed E-state index contributed by atoms with van der Waals surface area (Å²) in [7, 11) is 1.64. The average molecular weight is 319 g/mol. The van der Waals surface area contributed by atoms with Crippen LogP contribution in [0.3, 0.4) is 0 Å². The smallest absolute Gasteiger partial charge is 0.215 e. The van der Waals surface area contributed by atoms with Crippen molar-refractivity contribution in [3.05, 3.63) is 76.9 Å². The summed E-state index contributed by atoms with van der Waals surface area (Å²) in [6, 6.07) is 18.5. The molecule has 0 aliphatic carbocycles. The Bertz CT molecular complexity index is 745. The summed E-state index contributed by atoms with van der Waals surface area (Å²) in [5, 5.41) is 9.46. The molecule has 0 saturated carbocycles. The molecule has 2 aromatic rings. The van der Waals surface area contributed by atoms with Crippen molar-refractivity contribution in [2.75, 3.05) is 13.1 Å². The average Bonchev–Trinajstić information content (AvgIpc) is 2.63. The summed E-state index contributed by atoms with van der Waals surface area (Å²) in [5.41, 5.74) is 5.88. The highest BCUT2D eigenvalue weighted by atomic mass is 16.3. The molecule has 3 rings (SSSR count). The van der Waals surface area contributed by atoms with Gasteiger partial charge in [-0.3, -0.25) is 4.79 Å². The number of amides is 1. The van der Waals surface area contributed by atoms with Crippen molar-refractivity contribution in [2.45, 2.75) is 19.4 Å². The van der Waals surface area contributed by atoms with Crippen LogP contribution in [-0.4, -0.2) is 36.7 Å². The Morgan fingerprint density at radius 3 is 2.29 bits per heavy atom. The third kappa shape index (κ3) is 3.60. The van der Waals surface area contributed by atoms with Crippen LogP contribution in [0.15, 0.2) is 60.2 Å². The first-order valence-corrected chi connectivity index (χ1v) is 8.42. The van der Waals surface area contributed by atoms with Crippen molar-refractivity contribution in [3.63, 3.8) is 0 Å². The predicted octanol–water partition coefficient (Wildman–Crippen LogP) is 2.83. The minimum atomic E-state index is 0.0450. The molecular weight excluding hydrogens is 297 g/mol. The van der Waals surface area contributed by atoms with E-state index in [-0.39, 0.29) is 12.4 Å². The van der Waals surface area contributed by atoms with Gasteiger partial charge in [-0.05, 0) is 41.2 Å². The lowest BCUT2D eigenvalue weighted by Crippen LogP contribution is -2.35. The molecule has 4 heteroatoms.